The highest BCUT2D eigenvalue weighted by molar-refractivity contribution is 5.69. The van der Waals surface area contributed by atoms with Crippen molar-refractivity contribution >= 4 is 5.97 Å². The Labute approximate surface area is 91.1 Å². The zero-order valence-electron chi connectivity index (χ0n) is 9.46. The van der Waals surface area contributed by atoms with Gasteiger partial charge in [-0.1, -0.05) is 12.8 Å². The Balaban J connectivity index is 1.87. The van der Waals surface area contributed by atoms with E-state index >= 15 is 0 Å². The molecule has 1 aliphatic heterocycles. The lowest BCUT2D eigenvalue weighted by molar-refractivity contribution is -0.159. The third kappa shape index (κ3) is 2.17. The number of rotatable bonds is 4. The molecular formula is C12H20O3. The highest BCUT2D eigenvalue weighted by Gasteiger charge is 2.46. The predicted octanol–water partition coefficient (Wildman–Crippen LogP) is 2.15. The summed E-state index contributed by atoms with van der Waals surface area (Å²) >= 11 is 0. The normalized spacial score (nSPS) is 24.9. The van der Waals surface area contributed by atoms with Gasteiger partial charge < -0.3 is 9.47 Å². The van der Waals surface area contributed by atoms with Crippen LogP contribution in [0.2, 0.25) is 0 Å². The summed E-state index contributed by atoms with van der Waals surface area (Å²) in [6.07, 6.45) is 6.85. The van der Waals surface area contributed by atoms with Crippen LogP contribution >= 0.6 is 0 Å². The minimum Gasteiger partial charge on any atom is -0.469 e. The van der Waals surface area contributed by atoms with Crippen molar-refractivity contribution in [1.29, 1.82) is 0 Å². The first-order valence-corrected chi connectivity index (χ1v) is 5.91. The van der Waals surface area contributed by atoms with Gasteiger partial charge in [-0.15, -0.1) is 0 Å². The van der Waals surface area contributed by atoms with Gasteiger partial charge >= 0.3 is 5.97 Å². The zero-order valence-corrected chi connectivity index (χ0v) is 9.46. The maximum atomic E-state index is 11.2. The molecule has 15 heavy (non-hydrogen) atoms. The SMILES string of the molecule is COC(=O)CCC1(C2CCCC2)COC1. The van der Waals surface area contributed by atoms with Crippen molar-refractivity contribution in [3.05, 3.63) is 0 Å². The van der Waals surface area contributed by atoms with E-state index in [0.29, 0.717) is 11.8 Å². The molecule has 1 aliphatic carbocycles. The molecule has 0 N–H and O–H groups in total. The molecule has 0 aromatic rings. The van der Waals surface area contributed by atoms with Gasteiger partial charge in [0.25, 0.3) is 0 Å². The maximum Gasteiger partial charge on any atom is 0.305 e. The molecule has 2 fully saturated rings. The molecule has 0 aromatic carbocycles. The van der Waals surface area contributed by atoms with E-state index < -0.39 is 0 Å². The Hall–Kier alpha value is -0.570. The van der Waals surface area contributed by atoms with Crippen LogP contribution < -0.4 is 0 Å². The van der Waals surface area contributed by atoms with Gasteiger partial charge in [-0.25, -0.2) is 0 Å². The standard InChI is InChI=1S/C12H20O3/c1-14-11(13)6-7-12(8-15-9-12)10-4-2-3-5-10/h10H,2-9H2,1H3. The van der Waals surface area contributed by atoms with Crippen molar-refractivity contribution in [3.8, 4) is 0 Å². The number of methoxy groups -OCH3 is 1. The minimum atomic E-state index is -0.0840. The zero-order chi connectivity index (χ0) is 10.7. The lowest BCUT2D eigenvalue weighted by Gasteiger charge is -2.46. The summed E-state index contributed by atoms with van der Waals surface area (Å²) in [5.41, 5.74) is 0.310. The van der Waals surface area contributed by atoms with Crippen LogP contribution in [0.15, 0.2) is 0 Å². The topological polar surface area (TPSA) is 35.5 Å². The second kappa shape index (κ2) is 4.52. The van der Waals surface area contributed by atoms with Gasteiger partial charge in [-0.2, -0.15) is 0 Å². The second-order valence-corrected chi connectivity index (χ2v) is 4.91. The van der Waals surface area contributed by atoms with Crippen LogP contribution in [0.3, 0.4) is 0 Å². The van der Waals surface area contributed by atoms with Gasteiger partial charge in [0, 0.05) is 11.8 Å². The van der Waals surface area contributed by atoms with E-state index in [4.69, 9.17) is 9.47 Å². The van der Waals surface area contributed by atoms with Crippen LogP contribution in [0.5, 0.6) is 0 Å². The number of hydrogen-bond acceptors (Lipinski definition) is 3. The summed E-state index contributed by atoms with van der Waals surface area (Å²) in [7, 11) is 1.46. The summed E-state index contributed by atoms with van der Waals surface area (Å²) in [5, 5.41) is 0. The van der Waals surface area contributed by atoms with Gasteiger partial charge in [0.1, 0.15) is 0 Å². The van der Waals surface area contributed by atoms with Gasteiger partial charge in [0.15, 0.2) is 0 Å². The van der Waals surface area contributed by atoms with E-state index in [1.807, 2.05) is 0 Å². The fourth-order valence-electron chi connectivity index (χ4n) is 2.94. The minimum absolute atomic E-state index is 0.0840. The fourth-order valence-corrected chi connectivity index (χ4v) is 2.94. The molecule has 0 radical (unpaired) electrons. The molecule has 2 rings (SSSR count). The average Bonchev–Trinajstić information content (AvgIpc) is 2.69. The van der Waals surface area contributed by atoms with Gasteiger partial charge in [0.05, 0.1) is 20.3 Å². The third-order valence-electron chi connectivity index (χ3n) is 4.05. The molecular weight excluding hydrogens is 192 g/mol. The van der Waals surface area contributed by atoms with Crippen molar-refractivity contribution in [2.75, 3.05) is 20.3 Å². The van der Waals surface area contributed by atoms with Crippen molar-refractivity contribution in [2.45, 2.75) is 38.5 Å². The summed E-state index contributed by atoms with van der Waals surface area (Å²) in [5.74, 6) is 0.704. The van der Waals surface area contributed by atoms with Gasteiger partial charge in [-0.3, -0.25) is 4.79 Å². The van der Waals surface area contributed by atoms with Crippen LogP contribution in [-0.4, -0.2) is 26.3 Å². The molecule has 0 atom stereocenters. The van der Waals surface area contributed by atoms with E-state index in [9.17, 15) is 4.79 Å². The smallest absolute Gasteiger partial charge is 0.305 e. The molecule has 0 amide bonds. The van der Waals surface area contributed by atoms with Crippen molar-refractivity contribution in [3.63, 3.8) is 0 Å². The summed E-state index contributed by atoms with van der Waals surface area (Å²) < 4.78 is 10.1. The van der Waals surface area contributed by atoms with Gasteiger partial charge in [-0.05, 0) is 25.2 Å². The largest absolute Gasteiger partial charge is 0.469 e. The molecule has 1 saturated carbocycles. The first-order valence-electron chi connectivity index (χ1n) is 5.91. The number of hydrogen-bond donors (Lipinski definition) is 0. The Morgan fingerprint density at radius 2 is 2.07 bits per heavy atom. The fraction of sp³-hybridized carbons (Fsp3) is 0.917. The first kappa shape index (κ1) is 10.9. The molecule has 2 aliphatic rings. The quantitative estimate of drug-likeness (QED) is 0.670. The molecule has 0 aromatic heterocycles. The molecule has 0 spiro atoms. The molecule has 86 valence electrons. The van der Waals surface area contributed by atoms with E-state index in [2.05, 4.69) is 0 Å². The second-order valence-electron chi connectivity index (χ2n) is 4.91. The number of esters is 1. The molecule has 0 bridgehead atoms. The average molecular weight is 212 g/mol. The van der Waals surface area contributed by atoms with Crippen LogP contribution in [0.1, 0.15) is 38.5 Å². The Bertz CT molecular complexity index is 227. The van der Waals surface area contributed by atoms with Crippen LogP contribution in [-0.2, 0) is 14.3 Å². The molecule has 1 saturated heterocycles. The van der Waals surface area contributed by atoms with Crippen molar-refractivity contribution in [1.82, 2.24) is 0 Å². The molecule has 3 heteroatoms. The highest BCUT2D eigenvalue weighted by Crippen LogP contribution is 2.47. The van der Waals surface area contributed by atoms with E-state index in [0.717, 1.165) is 25.6 Å². The van der Waals surface area contributed by atoms with E-state index in [-0.39, 0.29) is 5.97 Å². The van der Waals surface area contributed by atoms with Crippen molar-refractivity contribution in [2.24, 2.45) is 11.3 Å². The van der Waals surface area contributed by atoms with Crippen LogP contribution in [0, 0.1) is 11.3 Å². The van der Waals surface area contributed by atoms with Crippen LogP contribution in [0.4, 0.5) is 0 Å². The number of ether oxygens (including phenoxy) is 2. The Morgan fingerprint density at radius 1 is 1.40 bits per heavy atom. The monoisotopic (exact) mass is 212 g/mol. The highest BCUT2D eigenvalue weighted by atomic mass is 16.5. The maximum absolute atomic E-state index is 11.2. The number of carbonyl (C=O) groups is 1. The van der Waals surface area contributed by atoms with Crippen LogP contribution in [0.25, 0.3) is 0 Å². The third-order valence-corrected chi connectivity index (χ3v) is 4.05. The van der Waals surface area contributed by atoms with E-state index in [1.54, 1.807) is 0 Å². The Morgan fingerprint density at radius 3 is 2.53 bits per heavy atom. The summed E-state index contributed by atoms with van der Waals surface area (Å²) in [6.45, 7) is 1.71. The number of carbonyl (C=O) groups excluding carboxylic acids is 1. The summed E-state index contributed by atoms with van der Waals surface area (Å²) in [6, 6.07) is 0. The Kier molecular flexibility index (Phi) is 3.29. The predicted molar refractivity (Wildman–Crippen MR) is 56.5 cm³/mol. The summed E-state index contributed by atoms with van der Waals surface area (Å²) in [4.78, 5) is 11.2. The van der Waals surface area contributed by atoms with E-state index in [1.165, 1.54) is 32.8 Å². The lowest BCUT2D eigenvalue weighted by atomic mass is 9.69. The first-order chi connectivity index (χ1) is 7.27. The molecule has 1 heterocycles. The van der Waals surface area contributed by atoms with Gasteiger partial charge in [0.2, 0.25) is 0 Å². The lowest BCUT2D eigenvalue weighted by Crippen LogP contribution is -2.48. The molecule has 3 nitrogen and oxygen atoms in total. The molecule has 0 unspecified atom stereocenters. The van der Waals surface area contributed by atoms with Crippen molar-refractivity contribution < 1.29 is 14.3 Å².